The minimum Gasteiger partial charge on any atom is -0.496 e. The molecule has 0 radical (unpaired) electrons. The van der Waals surface area contributed by atoms with E-state index in [1.54, 1.807) is 7.11 Å². The molecule has 2 aromatic rings. The van der Waals surface area contributed by atoms with Crippen LogP contribution in [0, 0.1) is 13.8 Å². The first kappa shape index (κ1) is 14.9. The summed E-state index contributed by atoms with van der Waals surface area (Å²) in [5.41, 5.74) is 11.1. The number of halogens is 1. The fourth-order valence-electron chi connectivity index (χ4n) is 2.66. The molecule has 0 saturated carbocycles. The molecule has 2 N–H and O–H groups in total. The SMILES string of the molecule is COc1ccc(Cl)cc1CC(N)c1c(C)cccc1C. The van der Waals surface area contributed by atoms with Crippen molar-refractivity contribution in [2.45, 2.75) is 26.3 Å². The van der Waals surface area contributed by atoms with Gasteiger partial charge in [0, 0.05) is 11.1 Å². The Bertz CT molecular complexity index is 590. The zero-order chi connectivity index (χ0) is 14.7. The molecule has 0 spiro atoms. The zero-order valence-corrected chi connectivity index (χ0v) is 12.9. The smallest absolute Gasteiger partial charge is 0.122 e. The summed E-state index contributed by atoms with van der Waals surface area (Å²) in [5, 5.41) is 0.703. The normalized spacial score (nSPS) is 12.2. The molecule has 1 atom stereocenters. The third kappa shape index (κ3) is 3.14. The van der Waals surface area contributed by atoms with Crippen LogP contribution in [0.5, 0.6) is 5.75 Å². The maximum atomic E-state index is 6.40. The molecule has 2 rings (SSSR count). The molecular formula is C17H20ClNO. The standard InChI is InChI=1S/C17H20ClNO/c1-11-5-4-6-12(2)17(11)15(19)10-13-9-14(18)7-8-16(13)20-3/h4-9,15H,10,19H2,1-3H3. The maximum absolute atomic E-state index is 6.40. The van der Waals surface area contributed by atoms with Crippen molar-refractivity contribution in [1.29, 1.82) is 0 Å². The highest BCUT2D eigenvalue weighted by atomic mass is 35.5. The van der Waals surface area contributed by atoms with Crippen molar-refractivity contribution in [3.8, 4) is 5.75 Å². The first-order valence-corrected chi connectivity index (χ1v) is 7.05. The first-order valence-electron chi connectivity index (χ1n) is 6.67. The van der Waals surface area contributed by atoms with Gasteiger partial charge in [-0.2, -0.15) is 0 Å². The average Bonchev–Trinajstić information content (AvgIpc) is 2.38. The monoisotopic (exact) mass is 289 g/mol. The molecule has 0 aliphatic carbocycles. The zero-order valence-electron chi connectivity index (χ0n) is 12.1. The van der Waals surface area contributed by atoms with E-state index in [1.165, 1.54) is 16.7 Å². The van der Waals surface area contributed by atoms with Crippen molar-refractivity contribution in [3.05, 3.63) is 63.7 Å². The lowest BCUT2D eigenvalue weighted by atomic mass is 9.92. The van der Waals surface area contributed by atoms with Crippen LogP contribution in [0.4, 0.5) is 0 Å². The number of rotatable bonds is 4. The first-order chi connectivity index (χ1) is 9.52. The van der Waals surface area contributed by atoms with Crippen molar-refractivity contribution in [2.75, 3.05) is 7.11 Å². The summed E-state index contributed by atoms with van der Waals surface area (Å²) in [5.74, 6) is 0.830. The Morgan fingerprint density at radius 1 is 1.15 bits per heavy atom. The molecule has 0 aliphatic rings. The van der Waals surface area contributed by atoms with Crippen LogP contribution in [0.25, 0.3) is 0 Å². The molecule has 2 nitrogen and oxygen atoms in total. The summed E-state index contributed by atoms with van der Waals surface area (Å²) in [7, 11) is 1.66. The van der Waals surface area contributed by atoms with Gasteiger partial charge in [-0.15, -0.1) is 0 Å². The van der Waals surface area contributed by atoms with Crippen LogP contribution >= 0.6 is 11.6 Å². The highest BCUT2D eigenvalue weighted by Gasteiger charge is 2.15. The minimum absolute atomic E-state index is 0.0661. The number of hydrogen-bond acceptors (Lipinski definition) is 2. The molecule has 1 unspecified atom stereocenters. The van der Waals surface area contributed by atoms with E-state index in [0.717, 1.165) is 11.3 Å². The summed E-state index contributed by atoms with van der Waals surface area (Å²) in [6, 6.07) is 11.8. The van der Waals surface area contributed by atoms with Crippen molar-refractivity contribution >= 4 is 11.6 Å². The predicted octanol–water partition coefficient (Wildman–Crippen LogP) is 4.21. The van der Waals surface area contributed by atoms with Gasteiger partial charge in [-0.3, -0.25) is 0 Å². The summed E-state index contributed by atoms with van der Waals surface area (Å²) < 4.78 is 5.38. The second kappa shape index (κ2) is 6.29. The van der Waals surface area contributed by atoms with Crippen molar-refractivity contribution in [2.24, 2.45) is 5.73 Å². The number of nitrogens with two attached hydrogens (primary N) is 1. The second-order valence-corrected chi connectivity index (χ2v) is 5.51. The van der Waals surface area contributed by atoms with Crippen LogP contribution in [0.15, 0.2) is 36.4 Å². The summed E-state index contributed by atoms with van der Waals surface area (Å²) >= 11 is 6.07. The molecule has 0 bridgehead atoms. The van der Waals surface area contributed by atoms with E-state index in [1.807, 2.05) is 18.2 Å². The van der Waals surface area contributed by atoms with E-state index >= 15 is 0 Å². The molecule has 0 saturated heterocycles. The summed E-state index contributed by atoms with van der Waals surface area (Å²) in [6.45, 7) is 4.19. The van der Waals surface area contributed by atoms with Gasteiger partial charge in [0.05, 0.1) is 7.11 Å². The van der Waals surface area contributed by atoms with Gasteiger partial charge in [0.2, 0.25) is 0 Å². The van der Waals surface area contributed by atoms with E-state index in [0.29, 0.717) is 11.4 Å². The lowest BCUT2D eigenvalue weighted by Crippen LogP contribution is -2.16. The Hall–Kier alpha value is -1.51. The predicted molar refractivity (Wildman–Crippen MR) is 84.6 cm³/mol. The molecule has 3 heteroatoms. The maximum Gasteiger partial charge on any atom is 0.122 e. The Kier molecular flexibility index (Phi) is 4.69. The van der Waals surface area contributed by atoms with Gasteiger partial charge in [-0.05, 0) is 60.7 Å². The van der Waals surface area contributed by atoms with Crippen LogP contribution in [0.3, 0.4) is 0 Å². The van der Waals surface area contributed by atoms with Gasteiger partial charge in [-0.25, -0.2) is 0 Å². The average molecular weight is 290 g/mol. The quantitative estimate of drug-likeness (QED) is 0.915. The largest absolute Gasteiger partial charge is 0.496 e. The van der Waals surface area contributed by atoms with Gasteiger partial charge < -0.3 is 10.5 Å². The molecule has 20 heavy (non-hydrogen) atoms. The van der Waals surface area contributed by atoms with Crippen LogP contribution in [0.1, 0.15) is 28.3 Å². The molecule has 0 amide bonds. The molecule has 2 aromatic carbocycles. The molecule has 0 fully saturated rings. The Morgan fingerprint density at radius 2 is 1.80 bits per heavy atom. The highest BCUT2D eigenvalue weighted by Crippen LogP contribution is 2.29. The topological polar surface area (TPSA) is 35.2 Å². The van der Waals surface area contributed by atoms with Gasteiger partial charge in [0.15, 0.2) is 0 Å². The second-order valence-electron chi connectivity index (χ2n) is 5.07. The Balaban J connectivity index is 2.32. The van der Waals surface area contributed by atoms with E-state index in [9.17, 15) is 0 Å². The molecule has 0 aliphatic heterocycles. The molecule has 0 aromatic heterocycles. The third-order valence-corrected chi connectivity index (χ3v) is 3.83. The third-order valence-electron chi connectivity index (χ3n) is 3.60. The van der Waals surface area contributed by atoms with E-state index < -0.39 is 0 Å². The number of aryl methyl sites for hydroxylation is 2. The highest BCUT2D eigenvalue weighted by molar-refractivity contribution is 6.30. The molecule has 106 valence electrons. The van der Waals surface area contributed by atoms with Crippen molar-refractivity contribution in [1.82, 2.24) is 0 Å². The van der Waals surface area contributed by atoms with Gasteiger partial charge >= 0.3 is 0 Å². The van der Waals surface area contributed by atoms with Gasteiger partial charge in [0.1, 0.15) is 5.75 Å². The summed E-state index contributed by atoms with van der Waals surface area (Å²) in [4.78, 5) is 0. The van der Waals surface area contributed by atoms with Crippen LogP contribution in [0.2, 0.25) is 5.02 Å². The van der Waals surface area contributed by atoms with Crippen LogP contribution in [-0.4, -0.2) is 7.11 Å². The van der Waals surface area contributed by atoms with Crippen LogP contribution < -0.4 is 10.5 Å². The fraction of sp³-hybridized carbons (Fsp3) is 0.294. The van der Waals surface area contributed by atoms with Gasteiger partial charge in [-0.1, -0.05) is 29.8 Å². The number of hydrogen-bond donors (Lipinski definition) is 1. The van der Waals surface area contributed by atoms with Crippen molar-refractivity contribution < 1.29 is 4.74 Å². The van der Waals surface area contributed by atoms with Gasteiger partial charge in [0.25, 0.3) is 0 Å². The number of methoxy groups -OCH3 is 1. The Morgan fingerprint density at radius 3 is 2.40 bits per heavy atom. The van der Waals surface area contributed by atoms with Crippen molar-refractivity contribution in [3.63, 3.8) is 0 Å². The van der Waals surface area contributed by atoms with Crippen LogP contribution in [-0.2, 0) is 6.42 Å². The lowest BCUT2D eigenvalue weighted by Gasteiger charge is -2.19. The van der Waals surface area contributed by atoms with E-state index in [-0.39, 0.29) is 6.04 Å². The van der Waals surface area contributed by atoms with E-state index in [4.69, 9.17) is 22.1 Å². The molecule has 0 heterocycles. The number of benzene rings is 2. The molecular weight excluding hydrogens is 270 g/mol. The summed E-state index contributed by atoms with van der Waals surface area (Å²) in [6.07, 6.45) is 0.704. The Labute approximate surface area is 125 Å². The number of ether oxygens (including phenoxy) is 1. The minimum atomic E-state index is -0.0661. The fourth-order valence-corrected chi connectivity index (χ4v) is 2.85. The lowest BCUT2D eigenvalue weighted by molar-refractivity contribution is 0.408. The van der Waals surface area contributed by atoms with E-state index in [2.05, 4.69) is 32.0 Å².